The van der Waals surface area contributed by atoms with Crippen LogP contribution in [-0.4, -0.2) is 47.3 Å². The minimum Gasteiger partial charge on any atom is -0.374 e. The Morgan fingerprint density at radius 1 is 1.45 bits per heavy atom. The number of nitrogens with zero attached hydrogens (tertiary/aromatic N) is 3. The third-order valence-corrected chi connectivity index (χ3v) is 4.61. The molecule has 1 N–H and O–H groups in total. The van der Waals surface area contributed by atoms with Gasteiger partial charge in [-0.2, -0.15) is 0 Å². The number of hydrogen-bond acceptors (Lipinski definition) is 6. The molecule has 0 unspecified atom stereocenters. The highest BCUT2D eigenvalue weighted by Gasteiger charge is 2.28. The maximum Gasteiger partial charge on any atom is 0.0896 e. The van der Waals surface area contributed by atoms with E-state index in [2.05, 4.69) is 39.0 Å². The van der Waals surface area contributed by atoms with Gasteiger partial charge in [-0.05, 0) is 36.3 Å². The predicted octanol–water partition coefficient (Wildman–Crippen LogP) is 2.35. The van der Waals surface area contributed by atoms with Crippen LogP contribution in [0.25, 0.3) is 0 Å². The molecule has 0 bridgehead atoms. The zero-order valence-electron chi connectivity index (χ0n) is 12.4. The Hall–Kier alpha value is -1.05. The SMILES string of the molecule is CN1CCO[C@@H]([C@H](NCc2csnn2)c2ccc(Cl)cc2)C1. The van der Waals surface area contributed by atoms with Gasteiger partial charge >= 0.3 is 0 Å². The molecule has 1 fully saturated rings. The molecule has 2 heterocycles. The number of nitrogens with one attached hydrogen (secondary N) is 1. The molecule has 0 aliphatic carbocycles. The van der Waals surface area contributed by atoms with Gasteiger partial charge in [0.25, 0.3) is 0 Å². The van der Waals surface area contributed by atoms with Crippen LogP contribution in [-0.2, 0) is 11.3 Å². The molecule has 0 spiro atoms. The Kier molecular flexibility index (Phi) is 5.38. The molecule has 22 heavy (non-hydrogen) atoms. The zero-order chi connectivity index (χ0) is 15.4. The number of rotatable bonds is 5. The normalized spacial score (nSPS) is 20.9. The molecule has 0 radical (unpaired) electrons. The lowest BCUT2D eigenvalue weighted by Gasteiger charge is -2.35. The largest absolute Gasteiger partial charge is 0.374 e. The van der Waals surface area contributed by atoms with E-state index in [1.807, 2.05) is 17.5 Å². The van der Waals surface area contributed by atoms with Crippen LogP contribution in [0.4, 0.5) is 0 Å². The quantitative estimate of drug-likeness (QED) is 0.907. The minimum absolute atomic E-state index is 0.0988. The zero-order valence-corrected chi connectivity index (χ0v) is 14.0. The van der Waals surface area contributed by atoms with Gasteiger partial charge < -0.3 is 15.0 Å². The number of morpholine rings is 1. The lowest BCUT2D eigenvalue weighted by atomic mass is 10.00. The molecule has 5 nitrogen and oxygen atoms in total. The summed E-state index contributed by atoms with van der Waals surface area (Å²) in [6.07, 6.45) is 0.103. The Bertz CT molecular complexity index is 578. The fraction of sp³-hybridized carbons (Fsp3) is 0.467. The van der Waals surface area contributed by atoms with E-state index in [1.54, 1.807) is 0 Å². The molecular weight excluding hydrogens is 320 g/mol. The molecule has 0 amide bonds. The average Bonchev–Trinajstić information content (AvgIpc) is 3.03. The molecule has 1 aliphatic heterocycles. The average molecular weight is 339 g/mol. The summed E-state index contributed by atoms with van der Waals surface area (Å²) in [5.41, 5.74) is 2.13. The first-order valence-corrected chi connectivity index (χ1v) is 8.49. The highest BCUT2D eigenvalue weighted by molar-refractivity contribution is 7.03. The summed E-state index contributed by atoms with van der Waals surface area (Å²) in [6, 6.07) is 8.04. The monoisotopic (exact) mass is 338 g/mol. The summed E-state index contributed by atoms with van der Waals surface area (Å²) >= 11 is 7.37. The first-order valence-electron chi connectivity index (χ1n) is 7.27. The van der Waals surface area contributed by atoms with Crippen LogP contribution in [0.3, 0.4) is 0 Å². The third-order valence-electron chi connectivity index (χ3n) is 3.81. The summed E-state index contributed by atoms with van der Waals surface area (Å²) < 4.78 is 9.90. The van der Waals surface area contributed by atoms with Crippen LogP contribution < -0.4 is 5.32 Å². The topological polar surface area (TPSA) is 50.3 Å². The van der Waals surface area contributed by atoms with Gasteiger partial charge in [-0.15, -0.1) is 5.10 Å². The lowest BCUT2D eigenvalue weighted by Crippen LogP contribution is -2.46. The first-order chi connectivity index (χ1) is 10.7. The van der Waals surface area contributed by atoms with Crippen molar-refractivity contribution in [1.29, 1.82) is 0 Å². The second kappa shape index (κ2) is 7.48. The van der Waals surface area contributed by atoms with Gasteiger partial charge in [-0.25, -0.2) is 0 Å². The van der Waals surface area contributed by atoms with Crippen LogP contribution in [0.5, 0.6) is 0 Å². The molecular formula is C15H19ClN4OS. The first kappa shape index (κ1) is 15.8. The summed E-state index contributed by atoms with van der Waals surface area (Å²) in [5, 5.41) is 10.3. The van der Waals surface area contributed by atoms with Crippen molar-refractivity contribution in [2.75, 3.05) is 26.7 Å². The summed E-state index contributed by atoms with van der Waals surface area (Å²) in [7, 11) is 2.12. The highest BCUT2D eigenvalue weighted by atomic mass is 35.5. The van der Waals surface area contributed by atoms with E-state index >= 15 is 0 Å². The molecule has 1 aromatic heterocycles. The number of likely N-dealkylation sites (N-methyl/N-ethyl adjacent to an activating group) is 1. The van der Waals surface area contributed by atoms with E-state index in [9.17, 15) is 0 Å². The molecule has 3 rings (SSSR count). The Morgan fingerprint density at radius 3 is 2.95 bits per heavy atom. The maximum absolute atomic E-state index is 6.01. The number of ether oxygens (including phenoxy) is 1. The Labute approximate surface area is 139 Å². The van der Waals surface area contributed by atoms with Crippen LogP contribution in [0.1, 0.15) is 17.3 Å². The molecule has 1 aliphatic rings. The third kappa shape index (κ3) is 4.02. The fourth-order valence-electron chi connectivity index (χ4n) is 2.62. The van der Waals surface area contributed by atoms with Crippen LogP contribution in [0.2, 0.25) is 5.02 Å². The Morgan fingerprint density at radius 2 is 2.27 bits per heavy atom. The summed E-state index contributed by atoms with van der Waals surface area (Å²) in [5.74, 6) is 0. The van der Waals surface area contributed by atoms with E-state index in [0.717, 1.165) is 30.4 Å². The van der Waals surface area contributed by atoms with Crippen molar-refractivity contribution in [3.8, 4) is 0 Å². The second-order valence-corrected chi connectivity index (χ2v) is 6.52. The van der Waals surface area contributed by atoms with Gasteiger partial charge in [0.05, 0.1) is 24.4 Å². The molecule has 0 saturated carbocycles. The smallest absolute Gasteiger partial charge is 0.0896 e. The maximum atomic E-state index is 6.01. The van der Waals surface area contributed by atoms with E-state index in [4.69, 9.17) is 16.3 Å². The highest BCUT2D eigenvalue weighted by Crippen LogP contribution is 2.24. The van der Waals surface area contributed by atoms with Gasteiger partial charge in [0.2, 0.25) is 0 Å². The van der Waals surface area contributed by atoms with Crippen molar-refractivity contribution in [3.05, 3.63) is 45.9 Å². The van der Waals surface area contributed by atoms with E-state index in [0.29, 0.717) is 6.54 Å². The van der Waals surface area contributed by atoms with Gasteiger partial charge in [-0.3, -0.25) is 0 Å². The molecule has 2 aromatic rings. The van der Waals surface area contributed by atoms with Crippen LogP contribution in [0, 0.1) is 0 Å². The molecule has 118 valence electrons. The van der Waals surface area contributed by atoms with Crippen molar-refractivity contribution in [3.63, 3.8) is 0 Å². The Balaban J connectivity index is 1.76. The number of hydrogen-bond donors (Lipinski definition) is 1. The molecule has 2 atom stereocenters. The van der Waals surface area contributed by atoms with E-state index in [1.165, 1.54) is 17.1 Å². The van der Waals surface area contributed by atoms with Crippen molar-refractivity contribution in [1.82, 2.24) is 19.8 Å². The van der Waals surface area contributed by atoms with Gasteiger partial charge in [0, 0.05) is 30.0 Å². The van der Waals surface area contributed by atoms with Crippen molar-refractivity contribution in [2.24, 2.45) is 0 Å². The van der Waals surface area contributed by atoms with Crippen LogP contribution >= 0.6 is 23.1 Å². The molecule has 1 saturated heterocycles. The van der Waals surface area contributed by atoms with Crippen molar-refractivity contribution < 1.29 is 4.74 Å². The van der Waals surface area contributed by atoms with E-state index in [-0.39, 0.29) is 12.1 Å². The second-order valence-electron chi connectivity index (χ2n) is 5.48. The summed E-state index contributed by atoms with van der Waals surface area (Å²) in [6.45, 7) is 3.30. The lowest BCUT2D eigenvalue weighted by molar-refractivity contribution is -0.0396. The van der Waals surface area contributed by atoms with Crippen molar-refractivity contribution >= 4 is 23.1 Å². The fourth-order valence-corrected chi connectivity index (χ4v) is 3.20. The molecule has 7 heteroatoms. The van der Waals surface area contributed by atoms with Crippen LogP contribution in [0.15, 0.2) is 29.6 Å². The summed E-state index contributed by atoms with van der Waals surface area (Å²) in [4.78, 5) is 2.29. The van der Waals surface area contributed by atoms with Crippen molar-refractivity contribution in [2.45, 2.75) is 18.7 Å². The van der Waals surface area contributed by atoms with E-state index < -0.39 is 0 Å². The van der Waals surface area contributed by atoms with Gasteiger partial charge in [0.1, 0.15) is 0 Å². The predicted molar refractivity (Wildman–Crippen MR) is 88.2 cm³/mol. The van der Waals surface area contributed by atoms with Gasteiger partial charge in [0.15, 0.2) is 0 Å². The molecule has 1 aromatic carbocycles. The number of benzene rings is 1. The van der Waals surface area contributed by atoms with Gasteiger partial charge in [-0.1, -0.05) is 28.2 Å². The minimum atomic E-state index is 0.0988. The standard InChI is InChI=1S/C15H19ClN4OS/c1-20-6-7-21-14(9-20)15(11-2-4-12(16)5-3-11)17-8-13-10-22-19-18-13/h2-5,10,14-15,17H,6-9H2,1H3/t14-,15-/m1/s1. The number of aromatic nitrogens is 2. The number of halogens is 1.